The number of carbonyl (C=O) groups is 1. The molecule has 0 saturated carbocycles. The second-order valence-corrected chi connectivity index (χ2v) is 4.49. The smallest absolute Gasteiger partial charge is 0.371 e. The highest BCUT2D eigenvalue weighted by molar-refractivity contribution is 5.89. The first-order valence-corrected chi connectivity index (χ1v) is 6.87. The molecular formula is C16H22O3. The van der Waals surface area contributed by atoms with Crippen molar-refractivity contribution in [3.05, 3.63) is 41.7 Å². The molecule has 1 N–H and O–H groups in total. The van der Waals surface area contributed by atoms with Crippen LogP contribution in [0.25, 0.3) is 6.08 Å². The van der Waals surface area contributed by atoms with Gasteiger partial charge in [0.2, 0.25) is 5.76 Å². The number of carboxylic acids is 1. The number of rotatable bonds is 9. The molecule has 0 amide bonds. The van der Waals surface area contributed by atoms with Crippen molar-refractivity contribution in [3.63, 3.8) is 0 Å². The van der Waals surface area contributed by atoms with E-state index in [2.05, 4.69) is 6.92 Å². The maximum absolute atomic E-state index is 11.1. The van der Waals surface area contributed by atoms with Gasteiger partial charge in [0.15, 0.2) is 0 Å². The Kier molecular flexibility index (Phi) is 7.40. The van der Waals surface area contributed by atoms with E-state index in [1.165, 1.54) is 19.3 Å². The lowest BCUT2D eigenvalue weighted by atomic mass is 10.2. The van der Waals surface area contributed by atoms with E-state index < -0.39 is 5.97 Å². The van der Waals surface area contributed by atoms with Crippen LogP contribution in [0, 0.1) is 0 Å². The molecule has 19 heavy (non-hydrogen) atoms. The lowest BCUT2D eigenvalue weighted by molar-refractivity contribution is -0.136. The van der Waals surface area contributed by atoms with E-state index in [1.54, 1.807) is 6.08 Å². The van der Waals surface area contributed by atoms with Gasteiger partial charge in [-0.25, -0.2) is 4.79 Å². The quantitative estimate of drug-likeness (QED) is 0.414. The van der Waals surface area contributed by atoms with Crippen LogP contribution >= 0.6 is 0 Å². The Morgan fingerprint density at radius 1 is 1.16 bits per heavy atom. The minimum absolute atomic E-state index is 0.0155. The molecule has 3 nitrogen and oxygen atoms in total. The molecule has 104 valence electrons. The normalized spacial score (nSPS) is 11.3. The summed E-state index contributed by atoms with van der Waals surface area (Å²) in [6.07, 6.45) is 7.17. The lowest BCUT2D eigenvalue weighted by Gasteiger charge is -2.06. The van der Waals surface area contributed by atoms with E-state index in [0.717, 1.165) is 18.4 Å². The van der Waals surface area contributed by atoms with E-state index in [1.807, 2.05) is 30.3 Å². The summed E-state index contributed by atoms with van der Waals surface area (Å²) in [5.41, 5.74) is 0.839. The van der Waals surface area contributed by atoms with Crippen LogP contribution in [0.3, 0.4) is 0 Å². The monoisotopic (exact) mass is 262 g/mol. The van der Waals surface area contributed by atoms with Crippen LogP contribution in [0.4, 0.5) is 0 Å². The van der Waals surface area contributed by atoms with Gasteiger partial charge in [0.25, 0.3) is 0 Å². The van der Waals surface area contributed by atoms with Crippen LogP contribution in [0.2, 0.25) is 0 Å². The van der Waals surface area contributed by atoms with Gasteiger partial charge in [0.1, 0.15) is 0 Å². The zero-order chi connectivity index (χ0) is 13.9. The van der Waals surface area contributed by atoms with E-state index in [0.29, 0.717) is 6.61 Å². The molecule has 0 aromatic heterocycles. The van der Waals surface area contributed by atoms with Gasteiger partial charge >= 0.3 is 5.97 Å². The summed E-state index contributed by atoms with van der Waals surface area (Å²) in [6.45, 7) is 2.64. The molecule has 1 rings (SSSR count). The maximum Gasteiger partial charge on any atom is 0.371 e. The molecule has 0 saturated heterocycles. The van der Waals surface area contributed by atoms with E-state index in [-0.39, 0.29) is 5.76 Å². The highest BCUT2D eigenvalue weighted by atomic mass is 16.5. The van der Waals surface area contributed by atoms with Crippen LogP contribution in [0.15, 0.2) is 36.1 Å². The Hall–Kier alpha value is -1.77. The SMILES string of the molecule is CCCCCCCOC(=Cc1ccccc1)C(=O)O. The number of unbranched alkanes of at least 4 members (excludes halogenated alkanes) is 4. The second kappa shape index (κ2) is 9.20. The molecule has 0 heterocycles. The zero-order valence-corrected chi connectivity index (χ0v) is 11.5. The van der Waals surface area contributed by atoms with Crippen LogP contribution in [0.1, 0.15) is 44.6 Å². The average molecular weight is 262 g/mol. The van der Waals surface area contributed by atoms with Crippen molar-refractivity contribution in [1.29, 1.82) is 0 Å². The Morgan fingerprint density at radius 2 is 1.84 bits per heavy atom. The molecule has 0 radical (unpaired) electrons. The largest absolute Gasteiger partial charge is 0.487 e. The van der Waals surface area contributed by atoms with Gasteiger partial charge in [-0.1, -0.05) is 62.9 Å². The number of aliphatic carboxylic acids is 1. The fourth-order valence-electron chi connectivity index (χ4n) is 1.75. The summed E-state index contributed by atoms with van der Waals surface area (Å²) in [4.78, 5) is 11.1. The highest BCUT2D eigenvalue weighted by Gasteiger charge is 2.08. The van der Waals surface area contributed by atoms with E-state index >= 15 is 0 Å². The number of hydrogen-bond donors (Lipinski definition) is 1. The second-order valence-electron chi connectivity index (χ2n) is 4.49. The zero-order valence-electron chi connectivity index (χ0n) is 11.5. The number of benzene rings is 1. The van der Waals surface area contributed by atoms with Gasteiger partial charge in [-0.05, 0) is 18.1 Å². The molecule has 0 aliphatic carbocycles. The molecule has 0 aliphatic rings. The van der Waals surface area contributed by atoms with E-state index in [4.69, 9.17) is 9.84 Å². The van der Waals surface area contributed by atoms with Gasteiger partial charge in [-0.15, -0.1) is 0 Å². The molecule has 0 unspecified atom stereocenters. The van der Waals surface area contributed by atoms with Crippen LogP contribution in [-0.2, 0) is 9.53 Å². The minimum Gasteiger partial charge on any atom is -0.487 e. The topological polar surface area (TPSA) is 46.5 Å². The van der Waals surface area contributed by atoms with Crippen LogP contribution < -0.4 is 0 Å². The van der Waals surface area contributed by atoms with Gasteiger partial charge in [0, 0.05) is 0 Å². The average Bonchev–Trinajstić information content (AvgIpc) is 2.42. The summed E-state index contributed by atoms with van der Waals surface area (Å²) in [5, 5.41) is 9.08. The molecule has 0 spiro atoms. The fourth-order valence-corrected chi connectivity index (χ4v) is 1.75. The van der Waals surface area contributed by atoms with Crippen molar-refractivity contribution >= 4 is 12.0 Å². The predicted octanol–water partition coefficient (Wildman–Crippen LogP) is 4.10. The Bertz CT molecular complexity index is 396. The van der Waals surface area contributed by atoms with Gasteiger partial charge in [-0.3, -0.25) is 0 Å². The molecule has 3 heteroatoms. The molecule has 0 bridgehead atoms. The Labute approximate surface area is 114 Å². The maximum atomic E-state index is 11.1. The number of ether oxygens (including phenoxy) is 1. The predicted molar refractivity (Wildman–Crippen MR) is 76.8 cm³/mol. The third-order valence-electron chi connectivity index (χ3n) is 2.81. The first-order valence-electron chi connectivity index (χ1n) is 6.87. The van der Waals surface area contributed by atoms with Crippen molar-refractivity contribution in [3.8, 4) is 0 Å². The third kappa shape index (κ3) is 6.65. The van der Waals surface area contributed by atoms with Gasteiger partial charge < -0.3 is 9.84 Å². The van der Waals surface area contributed by atoms with Crippen molar-refractivity contribution in [2.75, 3.05) is 6.61 Å². The summed E-state index contributed by atoms with van der Waals surface area (Å²) in [5.74, 6) is -1.00. The first kappa shape index (κ1) is 15.3. The standard InChI is InChI=1S/C16H22O3/c1-2-3-4-5-9-12-19-15(16(17)18)13-14-10-7-6-8-11-14/h6-8,10-11,13H,2-5,9,12H2,1H3,(H,17,18). The molecule has 0 atom stereocenters. The molecule has 0 aliphatic heterocycles. The molecular weight excluding hydrogens is 240 g/mol. The van der Waals surface area contributed by atoms with Crippen molar-refractivity contribution in [2.45, 2.75) is 39.0 Å². The van der Waals surface area contributed by atoms with Crippen LogP contribution in [0.5, 0.6) is 0 Å². The van der Waals surface area contributed by atoms with Crippen molar-refractivity contribution in [1.82, 2.24) is 0 Å². The lowest BCUT2D eigenvalue weighted by Crippen LogP contribution is -2.06. The molecule has 0 fully saturated rings. The summed E-state index contributed by atoms with van der Waals surface area (Å²) >= 11 is 0. The minimum atomic E-state index is -1.02. The number of hydrogen-bond acceptors (Lipinski definition) is 2. The molecule has 1 aromatic carbocycles. The Balaban J connectivity index is 2.41. The number of carboxylic acid groups (broad SMARTS) is 1. The molecule has 1 aromatic rings. The van der Waals surface area contributed by atoms with Crippen molar-refractivity contribution in [2.24, 2.45) is 0 Å². The third-order valence-corrected chi connectivity index (χ3v) is 2.81. The van der Waals surface area contributed by atoms with E-state index in [9.17, 15) is 4.79 Å². The van der Waals surface area contributed by atoms with Crippen LogP contribution in [-0.4, -0.2) is 17.7 Å². The Morgan fingerprint density at radius 3 is 2.47 bits per heavy atom. The summed E-state index contributed by atoms with van der Waals surface area (Å²) in [7, 11) is 0. The summed E-state index contributed by atoms with van der Waals surface area (Å²) < 4.78 is 5.35. The summed E-state index contributed by atoms with van der Waals surface area (Å²) in [6, 6.07) is 9.35. The van der Waals surface area contributed by atoms with Crippen molar-refractivity contribution < 1.29 is 14.6 Å². The van der Waals surface area contributed by atoms with Gasteiger partial charge in [-0.2, -0.15) is 0 Å². The fraction of sp³-hybridized carbons (Fsp3) is 0.438. The highest BCUT2D eigenvalue weighted by Crippen LogP contribution is 2.10. The first-order chi connectivity index (χ1) is 9.24. The van der Waals surface area contributed by atoms with Gasteiger partial charge in [0.05, 0.1) is 6.61 Å².